The lowest BCUT2D eigenvalue weighted by atomic mass is 10.0. The number of nitrogens with zero attached hydrogens (tertiary/aromatic N) is 2. The lowest BCUT2D eigenvalue weighted by Crippen LogP contribution is -2.18. The summed E-state index contributed by atoms with van der Waals surface area (Å²) in [7, 11) is 0. The van der Waals surface area contributed by atoms with E-state index in [0.29, 0.717) is 27.7 Å². The molecule has 2 aromatic heterocycles. The van der Waals surface area contributed by atoms with Gasteiger partial charge >= 0.3 is 0 Å². The number of anilines is 1. The molecule has 1 atom stereocenters. The van der Waals surface area contributed by atoms with Crippen LogP contribution in [0.3, 0.4) is 0 Å². The molecule has 1 unspecified atom stereocenters. The third-order valence-electron chi connectivity index (χ3n) is 3.79. The van der Waals surface area contributed by atoms with Gasteiger partial charge in [0.1, 0.15) is 11.6 Å². The van der Waals surface area contributed by atoms with Gasteiger partial charge in [0.05, 0.1) is 10.7 Å². The number of aromatic nitrogens is 1. The van der Waals surface area contributed by atoms with E-state index in [1.807, 2.05) is 17.5 Å². The molecule has 0 fully saturated rings. The van der Waals surface area contributed by atoms with Gasteiger partial charge in [0.25, 0.3) is 5.91 Å². The highest BCUT2D eigenvalue weighted by Gasteiger charge is 2.28. The molecule has 25 heavy (non-hydrogen) atoms. The monoisotopic (exact) mass is 371 g/mol. The zero-order valence-corrected chi connectivity index (χ0v) is 14.3. The summed E-state index contributed by atoms with van der Waals surface area (Å²) in [6.45, 7) is 0. The van der Waals surface area contributed by atoms with Crippen LogP contribution in [0, 0.1) is 5.82 Å². The van der Waals surface area contributed by atoms with E-state index in [1.165, 1.54) is 29.7 Å². The summed E-state index contributed by atoms with van der Waals surface area (Å²) < 4.78 is 13.3. The number of carbonyl (C=O) groups is 1. The van der Waals surface area contributed by atoms with E-state index in [4.69, 9.17) is 11.6 Å². The van der Waals surface area contributed by atoms with Crippen molar-refractivity contribution in [2.75, 3.05) is 5.32 Å². The second-order valence-electron chi connectivity index (χ2n) is 5.44. The van der Waals surface area contributed by atoms with Gasteiger partial charge in [0.15, 0.2) is 6.04 Å². The summed E-state index contributed by atoms with van der Waals surface area (Å²) in [5, 5.41) is 5.13. The molecule has 0 radical (unpaired) electrons. The maximum Gasteiger partial charge on any atom is 0.255 e. The first-order valence-corrected chi connectivity index (χ1v) is 8.71. The largest absolute Gasteiger partial charge is 0.308 e. The van der Waals surface area contributed by atoms with Crippen molar-refractivity contribution in [1.82, 2.24) is 4.98 Å². The van der Waals surface area contributed by atoms with E-state index < -0.39 is 6.04 Å². The van der Waals surface area contributed by atoms with Gasteiger partial charge in [-0.15, -0.1) is 11.3 Å². The molecular formula is C18H11ClFN3OS. The lowest BCUT2D eigenvalue weighted by molar-refractivity contribution is -0.117. The molecule has 3 heterocycles. The smallest absolute Gasteiger partial charge is 0.255 e. The molecule has 1 aromatic carbocycles. The van der Waals surface area contributed by atoms with Gasteiger partial charge in [0.2, 0.25) is 0 Å². The van der Waals surface area contributed by atoms with Gasteiger partial charge in [-0.05, 0) is 41.8 Å². The van der Waals surface area contributed by atoms with Crippen molar-refractivity contribution in [3.05, 3.63) is 80.9 Å². The number of halogens is 2. The van der Waals surface area contributed by atoms with Gasteiger partial charge in [-0.1, -0.05) is 17.7 Å². The van der Waals surface area contributed by atoms with Crippen molar-refractivity contribution in [2.45, 2.75) is 6.04 Å². The van der Waals surface area contributed by atoms with Gasteiger partial charge in [0, 0.05) is 22.2 Å². The minimum absolute atomic E-state index is 0.268. The Morgan fingerprint density at radius 2 is 2.00 bits per heavy atom. The predicted molar refractivity (Wildman–Crippen MR) is 97.0 cm³/mol. The van der Waals surface area contributed by atoms with Crippen molar-refractivity contribution in [1.29, 1.82) is 0 Å². The molecule has 3 aromatic rings. The van der Waals surface area contributed by atoms with Crippen LogP contribution in [-0.4, -0.2) is 16.6 Å². The fourth-order valence-electron chi connectivity index (χ4n) is 2.64. The van der Waals surface area contributed by atoms with Gasteiger partial charge < -0.3 is 5.32 Å². The van der Waals surface area contributed by atoms with Gasteiger partial charge in [-0.2, -0.15) is 0 Å². The fraction of sp³-hybridized carbons (Fsp3) is 0.0556. The number of fused-ring (bicyclic) bond motifs is 1. The third-order valence-corrected chi connectivity index (χ3v) is 4.92. The first kappa shape index (κ1) is 15.9. The molecule has 1 amide bonds. The van der Waals surface area contributed by atoms with Crippen LogP contribution in [0.5, 0.6) is 0 Å². The van der Waals surface area contributed by atoms with Crippen LogP contribution in [0.15, 0.2) is 59.0 Å². The highest BCUT2D eigenvalue weighted by atomic mass is 35.5. The highest BCUT2D eigenvalue weighted by molar-refractivity contribution is 7.10. The average Bonchev–Trinajstić information content (AvgIpc) is 3.08. The second-order valence-corrected chi connectivity index (χ2v) is 6.86. The Labute approximate surface area is 152 Å². The van der Waals surface area contributed by atoms with E-state index in [0.717, 1.165) is 4.88 Å². The number of hydrogen-bond acceptors (Lipinski definition) is 4. The SMILES string of the molecule is O=C1Nc2ncc(Cl)cc2C(c2ccc(F)cc2)=NC1c1cccs1. The molecule has 0 saturated carbocycles. The van der Waals surface area contributed by atoms with Crippen molar-refractivity contribution in [3.8, 4) is 0 Å². The first-order valence-electron chi connectivity index (χ1n) is 7.46. The molecule has 0 bridgehead atoms. The van der Waals surface area contributed by atoms with Crippen LogP contribution in [0.25, 0.3) is 0 Å². The molecule has 1 aliphatic heterocycles. The molecule has 4 rings (SSSR count). The van der Waals surface area contributed by atoms with E-state index in [9.17, 15) is 9.18 Å². The van der Waals surface area contributed by atoms with Crippen molar-refractivity contribution in [2.24, 2.45) is 4.99 Å². The Morgan fingerprint density at radius 3 is 2.72 bits per heavy atom. The number of pyridine rings is 1. The van der Waals surface area contributed by atoms with Crippen molar-refractivity contribution < 1.29 is 9.18 Å². The number of hydrogen-bond donors (Lipinski definition) is 1. The van der Waals surface area contributed by atoms with Crippen molar-refractivity contribution in [3.63, 3.8) is 0 Å². The van der Waals surface area contributed by atoms with Crippen LogP contribution < -0.4 is 5.32 Å². The van der Waals surface area contributed by atoms with Crippen LogP contribution in [0.1, 0.15) is 22.0 Å². The maximum atomic E-state index is 13.3. The molecule has 0 spiro atoms. The number of rotatable bonds is 2. The normalized spacial score (nSPS) is 16.6. The van der Waals surface area contributed by atoms with E-state index in [2.05, 4.69) is 15.3 Å². The molecule has 124 valence electrons. The second kappa shape index (κ2) is 6.38. The Balaban J connectivity index is 1.94. The number of benzene rings is 1. The minimum atomic E-state index is -0.701. The average molecular weight is 372 g/mol. The third kappa shape index (κ3) is 3.06. The van der Waals surface area contributed by atoms with Gasteiger partial charge in [-0.25, -0.2) is 9.37 Å². The van der Waals surface area contributed by atoms with Crippen LogP contribution in [0.2, 0.25) is 5.02 Å². The zero-order chi connectivity index (χ0) is 17.4. The number of nitrogens with one attached hydrogen (secondary N) is 1. The number of carbonyl (C=O) groups excluding carboxylic acids is 1. The Hall–Kier alpha value is -2.57. The minimum Gasteiger partial charge on any atom is -0.308 e. The van der Waals surface area contributed by atoms with Crippen LogP contribution >= 0.6 is 22.9 Å². The molecular weight excluding hydrogens is 361 g/mol. The summed E-state index contributed by atoms with van der Waals surface area (Å²) in [4.78, 5) is 22.4. The molecule has 1 aliphatic rings. The molecule has 7 heteroatoms. The van der Waals surface area contributed by atoms with E-state index >= 15 is 0 Å². The Bertz CT molecular complexity index is 970. The fourth-order valence-corrected chi connectivity index (χ4v) is 3.56. The topological polar surface area (TPSA) is 54.4 Å². The Kier molecular flexibility index (Phi) is 4.07. The highest BCUT2D eigenvalue weighted by Crippen LogP contribution is 2.31. The van der Waals surface area contributed by atoms with E-state index in [-0.39, 0.29) is 11.7 Å². The quantitative estimate of drug-likeness (QED) is 0.722. The molecule has 4 nitrogen and oxygen atoms in total. The summed E-state index contributed by atoms with van der Waals surface area (Å²) in [6, 6.07) is 10.7. The first-order chi connectivity index (χ1) is 12.1. The molecule has 0 saturated heterocycles. The summed E-state index contributed by atoms with van der Waals surface area (Å²) in [5.41, 5.74) is 1.83. The zero-order valence-electron chi connectivity index (χ0n) is 12.7. The van der Waals surface area contributed by atoms with Gasteiger partial charge in [-0.3, -0.25) is 9.79 Å². The lowest BCUT2D eigenvalue weighted by Gasteiger charge is -2.09. The molecule has 1 N–H and O–H groups in total. The Morgan fingerprint density at radius 1 is 1.20 bits per heavy atom. The standard InChI is InChI=1S/C18H11ClFN3OS/c19-11-8-13-15(10-3-5-12(20)6-4-10)22-16(14-2-1-7-25-14)18(24)23-17(13)21-9-11/h1-9,16H,(H,21,23,24). The molecule has 0 aliphatic carbocycles. The van der Waals surface area contributed by atoms with E-state index in [1.54, 1.807) is 18.2 Å². The maximum absolute atomic E-state index is 13.3. The van der Waals surface area contributed by atoms with Crippen LogP contribution in [0.4, 0.5) is 10.2 Å². The number of aliphatic imine (C=N–C) groups is 1. The van der Waals surface area contributed by atoms with Crippen molar-refractivity contribution >= 4 is 40.4 Å². The summed E-state index contributed by atoms with van der Waals surface area (Å²) in [6.07, 6.45) is 1.47. The number of thiophene rings is 1. The predicted octanol–water partition coefficient (Wildman–Crippen LogP) is 4.47. The number of amides is 1. The summed E-state index contributed by atoms with van der Waals surface area (Å²) in [5.74, 6) is -0.224. The summed E-state index contributed by atoms with van der Waals surface area (Å²) >= 11 is 7.54. The van der Waals surface area contributed by atoms with Crippen LogP contribution in [-0.2, 0) is 4.79 Å².